The molecule has 2 rings (SSSR count). The molecule has 0 radical (unpaired) electrons. The van der Waals surface area contributed by atoms with Gasteiger partial charge in [-0.05, 0) is 6.92 Å². The van der Waals surface area contributed by atoms with Crippen molar-refractivity contribution in [1.82, 2.24) is 4.98 Å². The Morgan fingerprint density at radius 1 is 1.54 bits per heavy atom. The third-order valence-corrected chi connectivity index (χ3v) is 1.96. The number of pyridine rings is 1. The van der Waals surface area contributed by atoms with Crippen molar-refractivity contribution in [3.63, 3.8) is 0 Å². The summed E-state index contributed by atoms with van der Waals surface area (Å²) in [5.41, 5.74) is -0.107. The van der Waals surface area contributed by atoms with Crippen LogP contribution < -0.4 is 5.56 Å². The van der Waals surface area contributed by atoms with E-state index in [1.165, 1.54) is 0 Å². The van der Waals surface area contributed by atoms with Gasteiger partial charge in [0.05, 0.1) is 5.56 Å². The standard InChI is InChI=1S/C8H7NO4/c1-3-6-4(10)2-5(11)9-7(6)8(12)13-3/h2-3H,1H3,(H2,9,10,11)/t3-/m1/s1. The maximum Gasteiger partial charge on any atom is 0.356 e. The number of carbonyl (C=O) groups is 1. The van der Waals surface area contributed by atoms with Gasteiger partial charge in [-0.25, -0.2) is 4.79 Å². The van der Waals surface area contributed by atoms with Crippen LogP contribution in [0.4, 0.5) is 0 Å². The normalized spacial score (nSPS) is 19.8. The van der Waals surface area contributed by atoms with E-state index in [0.717, 1.165) is 6.07 Å². The molecule has 0 aromatic carbocycles. The number of aromatic nitrogens is 1. The van der Waals surface area contributed by atoms with Crippen molar-refractivity contribution < 1.29 is 14.6 Å². The third-order valence-electron chi connectivity index (χ3n) is 1.96. The molecule has 0 spiro atoms. The minimum Gasteiger partial charge on any atom is -0.507 e. The van der Waals surface area contributed by atoms with Crippen LogP contribution in [0, 0.1) is 0 Å². The maximum absolute atomic E-state index is 11.1. The summed E-state index contributed by atoms with van der Waals surface area (Å²) in [4.78, 5) is 24.3. The number of aromatic amines is 1. The molecule has 2 N–H and O–H groups in total. The second-order valence-electron chi connectivity index (χ2n) is 2.86. The number of esters is 1. The van der Waals surface area contributed by atoms with Crippen LogP contribution in [0.3, 0.4) is 0 Å². The highest BCUT2D eigenvalue weighted by atomic mass is 16.5. The van der Waals surface area contributed by atoms with E-state index in [1.54, 1.807) is 6.92 Å². The van der Waals surface area contributed by atoms with E-state index in [9.17, 15) is 14.7 Å². The van der Waals surface area contributed by atoms with Gasteiger partial charge in [-0.2, -0.15) is 0 Å². The fraction of sp³-hybridized carbons (Fsp3) is 0.250. The van der Waals surface area contributed by atoms with Gasteiger partial charge in [0.25, 0.3) is 5.56 Å². The van der Waals surface area contributed by atoms with Gasteiger partial charge in [-0.1, -0.05) is 0 Å². The Morgan fingerprint density at radius 3 is 2.92 bits per heavy atom. The molecule has 0 saturated heterocycles. The van der Waals surface area contributed by atoms with Crippen molar-refractivity contribution in [3.8, 4) is 5.75 Å². The summed E-state index contributed by atoms with van der Waals surface area (Å²) in [6.07, 6.45) is -0.501. The Morgan fingerprint density at radius 2 is 2.23 bits per heavy atom. The highest BCUT2D eigenvalue weighted by Crippen LogP contribution is 2.33. The zero-order valence-corrected chi connectivity index (χ0v) is 6.83. The molecular formula is C8H7NO4. The van der Waals surface area contributed by atoms with E-state index < -0.39 is 17.6 Å². The van der Waals surface area contributed by atoms with Gasteiger partial charge in [0, 0.05) is 6.07 Å². The average molecular weight is 181 g/mol. The highest BCUT2D eigenvalue weighted by molar-refractivity contribution is 5.92. The first-order valence-corrected chi connectivity index (χ1v) is 3.77. The summed E-state index contributed by atoms with van der Waals surface area (Å²) in [5.74, 6) is -0.799. The van der Waals surface area contributed by atoms with Crippen molar-refractivity contribution in [2.24, 2.45) is 0 Å². The molecule has 2 heterocycles. The van der Waals surface area contributed by atoms with E-state index in [2.05, 4.69) is 4.98 Å². The molecule has 1 atom stereocenters. The molecule has 1 aromatic rings. The smallest absolute Gasteiger partial charge is 0.356 e. The minimum absolute atomic E-state index is 0.0532. The van der Waals surface area contributed by atoms with Gasteiger partial charge in [0.2, 0.25) is 0 Å². The number of hydrogen-bond donors (Lipinski definition) is 2. The summed E-state index contributed by atoms with van der Waals surface area (Å²) >= 11 is 0. The van der Waals surface area contributed by atoms with Crippen LogP contribution in [-0.2, 0) is 4.74 Å². The monoisotopic (exact) mass is 181 g/mol. The first-order valence-electron chi connectivity index (χ1n) is 3.77. The molecule has 0 saturated carbocycles. The molecule has 1 aromatic heterocycles. The van der Waals surface area contributed by atoms with E-state index >= 15 is 0 Å². The third kappa shape index (κ3) is 1.00. The van der Waals surface area contributed by atoms with E-state index in [0.29, 0.717) is 5.56 Å². The Labute approximate surface area is 73.0 Å². The zero-order valence-electron chi connectivity index (χ0n) is 6.83. The lowest BCUT2D eigenvalue weighted by molar-refractivity contribution is 0.0416. The summed E-state index contributed by atoms with van der Waals surface area (Å²) in [5, 5.41) is 9.35. The second kappa shape index (κ2) is 2.35. The highest BCUT2D eigenvalue weighted by Gasteiger charge is 2.31. The number of carbonyl (C=O) groups excluding carboxylic acids is 1. The molecule has 1 aliphatic heterocycles. The maximum atomic E-state index is 11.1. The number of H-pyrrole nitrogens is 1. The predicted molar refractivity (Wildman–Crippen MR) is 42.6 cm³/mol. The summed E-state index contributed by atoms with van der Waals surface area (Å²) in [6.45, 7) is 1.63. The topological polar surface area (TPSA) is 79.4 Å². The number of ether oxygens (including phenoxy) is 1. The van der Waals surface area contributed by atoms with Crippen molar-refractivity contribution in [3.05, 3.63) is 27.7 Å². The van der Waals surface area contributed by atoms with Crippen LogP contribution in [0.2, 0.25) is 0 Å². The Hall–Kier alpha value is -1.78. The predicted octanol–water partition coefficient (Wildman–Crippen LogP) is 0.312. The van der Waals surface area contributed by atoms with Crippen LogP contribution in [0.15, 0.2) is 10.9 Å². The van der Waals surface area contributed by atoms with Crippen LogP contribution >= 0.6 is 0 Å². The molecule has 0 aliphatic carbocycles. The molecule has 1 aliphatic rings. The molecule has 0 amide bonds. The van der Waals surface area contributed by atoms with Gasteiger partial charge in [-0.3, -0.25) is 4.79 Å². The SMILES string of the molecule is C[C@H]1OC(=O)c2[nH]c(=O)cc(O)c21. The molecule has 5 heteroatoms. The van der Waals surface area contributed by atoms with Gasteiger partial charge in [0.15, 0.2) is 0 Å². The number of hydrogen-bond acceptors (Lipinski definition) is 4. The van der Waals surface area contributed by atoms with Crippen molar-refractivity contribution in [2.45, 2.75) is 13.0 Å². The molecular weight excluding hydrogens is 174 g/mol. The van der Waals surface area contributed by atoms with Gasteiger partial charge >= 0.3 is 5.97 Å². The quantitative estimate of drug-likeness (QED) is 0.564. The minimum atomic E-state index is -0.601. The van der Waals surface area contributed by atoms with Gasteiger partial charge in [-0.15, -0.1) is 0 Å². The molecule has 5 nitrogen and oxygen atoms in total. The summed E-state index contributed by atoms with van der Waals surface area (Å²) in [6, 6.07) is 1.03. The fourth-order valence-corrected chi connectivity index (χ4v) is 1.41. The fourth-order valence-electron chi connectivity index (χ4n) is 1.41. The lowest BCUT2D eigenvalue weighted by Crippen LogP contribution is -2.10. The zero-order chi connectivity index (χ0) is 9.59. The van der Waals surface area contributed by atoms with Gasteiger partial charge < -0.3 is 14.8 Å². The van der Waals surface area contributed by atoms with Crippen LogP contribution in [-0.4, -0.2) is 16.1 Å². The number of rotatable bonds is 0. The van der Waals surface area contributed by atoms with E-state index in [1.807, 2.05) is 0 Å². The first kappa shape index (κ1) is 7.85. The van der Waals surface area contributed by atoms with Crippen molar-refractivity contribution in [2.75, 3.05) is 0 Å². The van der Waals surface area contributed by atoms with Crippen LogP contribution in [0.1, 0.15) is 29.1 Å². The number of nitrogens with one attached hydrogen (secondary N) is 1. The van der Waals surface area contributed by atoms with Crippen LogP contribution in [0.25, 0.3) is 0 Å². The number of aromatic hydroxyl groups is 1. The average Bonchev–Trinajstić information content (AvgIpc) is 2.27. The lowest BCUT2D eigenvalue weighted by atomic mass is 10.1. The summed E-state index contributed by atoms with van der Waals surface area (Å²) < 4.78 is 4.80. The molecule has 0 bridgehead atoms. The molecule has 0 unspecified atom stereocenters. The Bertz CT molecular complexity index is 434. The van der Waals surface area contributed by atoms with Crippen LogP contribution in [0.5, 0.6) is 5.75 Å². The van der Waals surface area contributed by atoms with Gasteiger partial charge in [0.1, 0.15) is 17.5 Å². The van der Waals surface area contributed by atoms with Crippen molar-refractivity contribution >= 4 is 5.97 Å². The molecule has 13 heavy (non-hydrogen) atoms. The molecule has 0 fully saturated rings. The second-order valence-corrected chi connectivity index (χ2v) is 2.86. The summed E-state index contributed by atoms with van der Waals surface area (Å²) in [7, 11) is 0. The van der Waals surface area contributed by atoms with E-state index in [4.69, 9.17) is 4.74 Å². The number of cyclic esters (lactones) is 1. The largest absolute Gasteiger partial charge is 0.507 e. The molecule has 68 valence electrons. The first-order chi connectivity index (χ1) is 6.09. The Balaban J connectivity index is 2.77. The van der Waals surface area contributed by atoms with E-state index in [-0.39, 0.29) is 11.4 Å². The lowest BCUT2D eigenvalue weighted by Gasteiger charge is -2.02. The number of fused-ring (bicyclic) bond motifs is 1. The Kier molecular flexibility index (Phi) is 1.42. The van der Waals surface area contributed by atoms with Crippen molar-refractivity contribution in [1.29, 1.82) is 0 Å².